The fourth-order valence-corrected chi connectivity index (χ4v) is 4.57. The van der Waals surface area contributed by atoms with E-state index in [-0.39, 0.29) is 23.8 Å². The molecular formula is C11H15NO4S2. The van der Waals surface area contributed by atoms with Gasteiger partial charge in [-0.25, -0.2) is 8.42 Å². The van der Waals surface area contributed by atoms with E-state index in [9.17, 15) is 13.2 Å². The number of carbonyl (C=O) groups excluding carboxylic acids is 1. The molecule has 100 valence electrons. The van der Waals surface area contributed by atoms with Crippen LogP contribution in [0.1, 0.15) is 4.88 Å². The van der Waals surface area contributed by atoms with E-state index in [1.807, 2.05) is 17.5 Å². The number of hydrogen-bond acceptors (Lipinski definition) is 5. The molecule has 2 rings (SSSR count). The standard InChI is InChI=1S/C11H15NO4S2/c1-16-10-7-18(14,15)6-9(10)12-11(13)5-8-3-2-4-17-8/h2-4,9-10H,5-7H2,1H3,(H,12,13)/t9-,10-/m1/s1. The molecule has 1 saturated heterocycles. The quantitative estimate of drug-likeness (QED) is 0.860. The molecule has 0 spiro atoms. The maximum absolute atomic E-state index is 11.8. The number of rotatable bonds is 4. The molecule has 7 heteroatoms. The van der Waals surface area contributed by atoms with Gasteiger partial charge in [0.05, 0.1) is 30.1 Å². The van der Waals surface area contributed by atoms with Gasteiger partial charge in [-0.05, 0) is 11.4 Å². The third-order valence-corrected chi connectivity index (χ3v) is 5.44. The molecule has 2 atom stereocenters. The largest absolute Gasteiger partial charge is 0.378 e. The van der Waals surface area contributed by atoms with Gasteiger partial charge < -0.3 is 10.1 Å². The van der Waals surface area contributed by atoms with Crippen molar-refractivity contribution in [3.8, 4) is 0 Å². The Bertz CT molecular complexity index is 509. The summed E-state index contributed by atoms with van der Waals surface area (Å²) in [6.07, 6.45) is -0.160. The fourth-order valence-electron chi connectivity index (χ4n) is 2.01. The van der Waals surface area contributed by atoms with Crippen molar-refractivity contribution in [2.24, 2.45) is 0 Å². The molecule has 0 saturated carbocycles. The van der Waals surface area contributed by atoms with Gasteiger partial charge in [0, 0.05) is 12.0 Å². The highest BCUT2D eigenvalue weighted by Gasteiger charge is 2.38. The molecular weight excluding hydrogens is 274 g/mol. The Balaban J connectivity index is 1.94. The Morgan fingerprint density at radius 2 is 2.33 bits per heavy atom. The lowest BCUT2D eigenvalue weighted by molar-refractivity contribution is -0.121. The van der Waals surface area contributed by atoms with E-state index < -0.39 is 22.0 Å². The SMILES string of the molecule is CO[C@@H]1CS(=O)(=O)C[C@H]1NC(=O)Cc1cccs1. The molecule has 5 nitrogen and oxygen atoms in total. The summed E-state index contributed by atoms with van der Waals surface area (Å²) in [6.45, 7) is 0. The molecule has 1 N–H and O–H groups in total. The van der Waals surface area contributed by atoms with E-state index in [1.54, 1.807) is 0 Å². The molecule has 1 amide bonds. The Labute approximate surface area is 110 Å². The molecule has 1 aliphatic heterocycles. The summed E-state index contributed by atoms with van der Waals surface area (Å²) in [5.41, 5.74) is 0. The van der Waals surface area contributed by atoms with Crippen molar-refractivity contribution >= 4 is 27.1 Å². The van der Waals surface area contributed by atoms with Gasteiger partial charge in [-0.15, -0.1) is 11.3 Å². The number of ether oxygens (including phenoxy) is 1. The van der Waals surface area contributed by atoms with Crippen LogP contribution >= 0.6 is 11.3 Å². The van der Waals surface area contributed by atoms with E-state index in [1.165, 1.54) is 18.4 Å². The minimum absolute atomic E-state index is 0.0204. The minimum Gasteiger partial charge on any atom is -0.378 e. The zero-order valence-corrected chi connectivity index (χ0v) is 11.6. The summed E-state index contributed by atoms with van der Waals surface area (Å²) >= 11 is 1.51. The zero-order chi connectivity index (χ0) is 13.2. The van der Waals surface area contributed by atoms with E-state index in [2.05, 4.69) is 5.32 Å². The summed E-state index contributed by atoms with van der Waals surface area (Å²) in [6, 6.07) is 3.32. The highest BCUT2D eigenvalue weighted by atomic mass is 32.2. The van der Waals surface area contributed by atoms with Crippen LogP contribution in [-0.2, 0) is 25.8 Å². The summed E-state index contributed by atoms with van der Waals surface area (Å²) in [7, 11) is -1.64. The first-order valence-corrected chi connectivity index (χ1v) is 8.25. The lowest BCUT2D eigenvalue weighted by atomic mass is 10.2. The molecule has 1 aromatic rings. The Morgan fingerprint density at radius 3 is 2.94 bits per heavy atom. The number of methoxy groups -OCH3 is 1. The Kier molecular flexibility index (Phi) is 4.04. The molecule has 0 radical (unpaired) electrons. The van der Waals surface area contributed by atoms with Crippen LogP contribution in [0.25, 0.3) is 0 Å². The van der Waals surface area contributed by atoms with Gasteiger partial charge in [0.2, 0.25) is 5.91 Å². The van der Waals surface area contributed by atoms with Crippen molar-refractivity contribution in [1.29, 1.82) is 0 Å². The number of amides is 1. The van der Waals surface area contributed by atoms with Gasteiger partial charge >= 0.3 is 0 Å². The van der Waals surface area contributed by atoms with Gasteiger partial charge in [-0.2, -0.15) is 0 Å². The molecule has 1 aromatic heterocycles. The van der Waals surface area contributed by atoms with Crippen molar-refractivity contribution in [3.05, 3.63) is 22.4 Å². The Hall–Kier alpha value is -0.920. The molecule has 0 aromatic carbocycles. The van der Waals surface area contributed by atoms with E-state index >= 15 is 0 Å². The summed E-state index contributed by atoms with van der Waals surface area (Å²) < 4.78 is 28.1. The second-order valence-corrected chi connectivity index (χ2v) is 7.47. The lowest BCUT2D eigenvalue weighted by Crippen LogP contribution is -2.44. The molecule has 2 heterocycles. The van der Waals surface area contributed by atoms with Crippen molar-refractivity contribution in [3.63, 3.8) is 0 Å². The highest BCUT2D eigenvalue weighted by molar-refractivity contribution is 7.91. The summed E-state index contributed by atoms with van der Waals surface area (Å²) in [4.78, 5) is 12.7. The van der Waals surface area contributed by atoms with Crippen molar-refractivity contribution in [2.45, 2.75) is 18.6 Å². The third-order valence-electron chi connectivity index (χ3n) is 2.86. The average molecular weight is 289 g/mol. The minimum atomic E-state index is -3.10. The van der Waals surface area contributed by atoms with Gasteiger partial charge in [0.15, 0.2) is 9.84 Å². The number of nitrogens with one attached hydrogen (secondary N) is 1. The monoisotopic (exact) mass is 289 g/mol. The predicted octanol–water partition coefficient (Wildman–Crippen LogP) is 0.219. The topological polar surface area (TPSA) is 72.5 Å². The second-order valence-electron chi connectivity index (χ2n) is 4.28. The van der Waals surface area contributed by atoms with E-state index in [0.717, 1.165) is 4.88 Å². The molecule has 0 bridgehead atoms. The number of hydrogen-bond donors (Lipinski definition) is 1. The maximum atomic E-state index is 11.8. The average Bonchev–Trinajstić information content (AvgIpc) is 2.86. The first kappa shape index (κ1) is 13.5. The van der Waals surface area contributed by atoms with Crippen LogP contribution in [0.15, 0.2) is 17.5 Å². The van der Waals surface area contributed by atoms with Crippen LogP contribution in [0.4, 0.5) is 0 Å². The van der Waals surface area contributed by atoms with Crippen LogP contribution in [0.5, 0.6) is 0 Å². The van der Waals surface area contributed by atoms with Crippen LogP contribution in [0.3, 0.4) is 0 Å². The highest BCUT2D eigenvalue weighted by Crippen LogP contribution is 2.16. The van der Waals surface area contributed by atoms with Crippen LogP contribution in [-0.4, -0.2) is 45.1 Å². The smallest absolute Gasteiger partial charge is 0.225 e. The molecule has 1 aliphatic rings. The third kappa shape index (κ3) is 3.30. The van der Waals surface area contributed by atoms with Crippen LogP contribution in [0, 0.1) is 0 Å². The van der Waals surface area contributed by atoms with Crippen molar-refractivity contribution < 1.29 is 17.9 Å². The van der Waals surface area contributed by atoms with E-state index in [0.29, 0.717) is 0 Å². The van der Waals surface area contributed by atoms with Crippen LogP contribution in [0.2, 0.25) is 0 Å². The predicted molar refractivity (Wildman–Crippen MR) is 69.4 cm³/mol. The normalized spacial score (nSPS) is 26.1. The number of sulfone groups is 1. The molecule has 0 unspecified atom stereocenters. The first-order valence-electron chi connectivity index (χ1n) is 5.55. The maximum Gasteiger partial charge on any atom is 0.225 e. The van der Waals surface area contributed by atoms with Gasteiger partial charge in [-0.3, -0.25) is 4.79 Å². The van der Waals surface area contributed by atoms with Crippen molar-refractivity contribution in [2.75, 3.05) is 18.6 Å². The van der Waals surface area contributed by atoms with Crippen LogP contribution < -0.4 is 5.32 Å². The van der Waals surface area contributed by atoms with E-state index in [4.69, 9.17) is 4.74 Å². The van der Waals surface area contributed by atoms with Gasteiger partial charge in [0.25, 0.3) is 0 Å². The fraction of sp³-hybridized carbons (Fsp3) is 0.545. The molecule has 1 fully saturated rings. The summed E-state index contributed by atoms with van der Waals surface area (Å²) in [5.74, 6) is -0.226. The van der Waals surface area contributed by atoms with Gasteiger partial charge in [0.1, 0.15) is 0 Å². The number of carbonyl (C=O) groups is 1. The molecule has 18 heavy (non-hydrogen) atoms. The van der Waals surface area contributed by atoms with Gasteiger partial charge in [-0.1, -0.05) is 6.07 Å². The zero-order valence-electron chi connectivity index (χ0n) is 9.96. The molecule has 0 aliphatic carbocycles. The summed E-state index contributed by atoms with van der Waals surface area (Å²) in [5, 5.41) is 4.64. The van der Waals surface area contributed by atoms with Crippen molar-refractivity contribution in [1.82, 2.24) is 5.32 Å². The first-order chi connectivity index (χ1) is 8.50. The number of thiophene rings is 1. The lowest BCUT2D eigenvalue weighted by Gasteiger charge is -2.17. The Morgan fingerprint density at radius 1 is 1.56 bits per heavy atom. The second kappa shape index (κ2) is 5.38.